The van der Waals surface area contributed by atoms with Crippen LogP contribution in [0.1, 0.15) is 26.0 Å². The minimum absolute atomic E-state index is 0.00858. The smallest absolute Gasteiger partial charge is 0.244 e. The average Bonchev–Trinajstić information content (AvgIpc) is 3.11. The number of methoxy groups -OCH3 is 1. The molecule has 1 aromatic heterocycles. The van der Waals surface area contributed by atoms with Gasteiger partial charge in [-0.15, -0.1) is 0 Å². The fourth-order valence-corrected chi connectivity index (χ4v) is 4.17. The number of sulfonamides is 1. The third-order valence-corrected chi connectivity index (χ3v) is 5.77. The molecule has 0 aliphatic carbocycles. The Balaban J connectivity index is 2.22. The van der Waals surface area contributed by atoms with Crippen LogP contribution < -0.4 is 5.32 Å². The number of ether oxygens (including phenoxy) is 1. The SMILES string of the molecule is CCNCc1cc(S(=O)(=O)N2CCC(OC)C2)cn1CC. The van der Waals surface area contributed by atoms with Gasteiger partial charge in [0.2, 0.25) is 10.0 Å². The van der Waals surface area contributed by atoms with Gasteiger partial charge in [-0.1, -0.05) is 6.92 Å². The summed E-state index contributed by atoms with van der Waals surface area (Å²) in [6.45, 7) is 7.32. The third-order valence-electron chi connectivity index (χ3n) is 3.94. The Morgan fingerprint density at radius 1 is 1.43 bits per heavy atom. The lowest BCUT2D eigenvalue weighted by Crippen LogP contribution is -2.29. The highest BCUT2D eigenvalue weighted by molar-refractivity contribution is 7.89. The van der Waals surface area contributed by atoms with E-state index in [2.05, 4.69) is 5.32 Å². The van der Waals surface area contributed by atoms with E-state index in [0.29, 0.717) is 24.5 Å². The maximum Gasteiger partial charge on any atom is 0.244 e. The summed E-state index contributed by atoms with van der Waals surface area (Å²) >= 11 is 0. The number of nitrogens with one attached hydrogen (secondary N) is 1. The van der Waals surface area contributed by atoms with Crippen molar-refractivity contribution < 1.29 is 13.2 Å². The molecule has 0 radical (unpaired) electrons. The zero-order chi connectivity index (χ0) is 15.5. The first-order chi connectivity index (χ1) is 10.0. The largest absolute Gasteiger partial charge is 0.380 e. The van der Waals surface area contributed by atoms with Gasteiger partial charge in [-0.25, -0.2) is 8.42 Å². The Morgan fingerprint density at radius 2 is 2.19 bits per heavy atom. The number of hydrogen-bond acceptors (Lipinski definition) is 4. The van der Waals surface area contributed by atoms with E-state index in [1.807, 2.05) is 18.4 Å². The Labute approximate surface area is 127 Å². The molecule has 7 heteroatoms. The molecule has 120 valence electrons. The van der Waals surface area contributed by atoms with Crippen LogP contribution in [0, 0.1) is 0 Å². The minimum Gasteiger partial charge on any atom is -0.380 e. The second kappa shape index (κ2) is 6.91. The Bertz CT molecular complexity index is 568. The average molecular weight is 315 g/mol. The second-order valence-electron chi connectivity index (χ2n) is 5.24. The number of aromatic nitrogens is 1. The molecule has 0 saturated carbocycles. The monoisotopic (exact) mass is 315 g/mol. The van der Waals surface area contributed by atoms with Crippen LogP contribution >= 0.6 is 0 Å². The molecule has 1 unspecified atom stereocenters. The van der Waals surface area contributed by atoms with Gasteiger partial charge in [-0.05, 0) is 26.0 Å². The summed E-state index contributed by atoms with van der Waals surface area (Å²) in [7, 11) is -1.79. The summed E-state index contributed by atoms with van der Waals surface area (Å²) in [5.74, 6) is 0. The Kier molecular flexibility index (Phi) is 5.43. The van der Waals surface area contributed by atoms with Crippen molar-refractivity contribution in [1.29, 1.82) is 0 Å². The van der Waals surface area contributed by atoms with Crippen molar-refractivity contribution in [1.82, 2.24) is 14.2 Å². The van der Waals surface area contributed by atoms with E-state index >= 15 is 0 Å². The zero-order valence-corrected chi connectivity index (χ0v) is 13.8. The molecule has 1 fully saturated rings. The molecular weight excluding hydrogens is 290 g/mol. The van der Waals surface area contributed by atoms with E-state index in [-0.39, 0.29) is 6.10 Å². The van der Waals surface area contributed by atoms with E-state index in [9.17, 15) is 8.42 Å². The maximum absolute atomic E-state index is 12.7. The fraction of sp³-hybridized carbons (Fsp3) is 0.714. The van der Waals surface area contributed by atoms with E-state index < -0.39 is 10.0 Å². The highest BCUT2D eigenvalue weighted by Crippen LogP contribution is 2.24. The molecule has 0 aromatic carbocycles. The molecule has 0 bridgehead atoms. The van der Waals surface area contributed by atoms with E-state index in [1.54, 1.807) is 19.4 Å². The van der Waals surface area contributed by atoms with Crippen molar-refractivity contribution in [2.24, 2.45) is 0 Å². The van der Waals surface area contributed by atoms with Crippen molar-refractivity contribution in [2.45, 2.75) is 44.4 Å². The molecule has 2 heterocycles. The van der Waals surface area contributed by atoms with Gasteiger partial charge in [0.25, 0.3) is 0 Å². The first-order valence-corrected chi connectivity index (χ1v) is 8.89. The van der Waals surface area contributed by atoms with Gasteiger partial charge in [0.05, 0.1) is 6.10 Å². The number of nitrogens with zero attached hydrogens (tertiary/aromatic N) is 2. The maximum atomic E-state index is 12.7. The highest BCUT2D eigenvalue weighted by atomic mass is 32.2. The summed E-state index contributed by atoms with van der Waals surface area (Å²) in [5.41, 5.74) is 1.00. The summed E-state index contributed by atoms with van der Waals surface area (Å²) < 4.78 is 34.1. The molecule has 6 nitrogen and oxygen atoms in total. The van der Waals surface area contributed by atoms with Gasteiger partial charge in [-0.2, -0.15) is 4.31 Å². The number of rotatable bonds is 7. The lowest BCUT2D eigenvalue weighted by molar-refractivity contribution is 0.115. The quantitative estimate of drug-likeness (QED) is 0.816. The van der Waals surface area contributed by atoms with Crippen LogP contribution in [0.5, 0.6) is 0 Å². The van der Waals surface area contributed by atoms with Gasteiger partial charge >= 0.3 is 0 Å². The topological polar surface area (TPSA) is 63.6 Å². The van der Waals surface area contributed by atoms with Crippen molar-refractivity contribution in [2.75, 3.05) is 26.7 Å². The first-order valence-electron chi connectivity index (χ1n) is 7.45. The molecule has 0 amide bonds. The lowest BCUT2D eigenvalue weighted by Gasteiger charge is -2.15. The van der Waals surface area contributed by atoms with E-state index in [4.69, 9.17) is 4.74 Å². The molecule has 21 heavy (non-hydrogen) atoms. The number of hydrogen-bond donors (Lipinski definition) is 1. The van der Waals surface area contributed by atoms with Gasteiger partial charge < -0.3 is 14.6 Å². The van der Waals surface area contributed by atoms with E-state index in [1.165, 1.54) is 4.31 Å². The summed E-state index contributed by atoms with van der Waals surface area (Å²) in [6, 6.07) is 1.78. The van der Waals surface area contributed by atoms with Crippen LogP contribution in [0.25, 0.3) is 0 Å². The molecule has 1 aliphatic heterocycles. The van der Waals surface area contributed by atoms with E-state index in [0.717, 1.165) is 25.2 Å². The zero-order valence-electron chi connectivity index (χ0n) is 13.0. The van der Waals surface area contributed by atoms with Crippen LogP contribution in [0.15, 0.2) is 17.2 Å². The van der Waals surface area contributed by atoms with Crippen molar-refractivity contribution in [3.05, 3.63) is 18.0 Å². The number of aryl methyl sites for hydroxylation is 1. The minimum atomic E-state index is -3.41. The molecule has 2 rings (SSSR count). The molecule has 1 aromatic rings. The standard InChI is InChI=1S/C14H25N3O3S/c1-4-15-9-12-8-14(11-16(12)5-2)21(18,19)17-7-6-13(10-17)20-3/h8,11,13,15H,4-7,9-10H2,1-3H3. The van der Waals surface area contributed by atoms with Crippen LogP contribution in [0.3, 0.4) is 0 Å². The lowest BCUT2D eigenvalue weighted by atomic mass is 10.3. The van der Waals surface area contributed by atoms with Crippen LogP contribution in [0.4, 0.5) is 0 Å². The fourth-order valence-electron chi connectivity index (χ4n) is 2.62. The molecule has 1 N–H and O–H groups in total. The molecule has 0 spiro atoms. The highest BCUT2D eigenvalue weighted by Gasteiger charge is 2.33. The first kappa shape index (κ1) is 16.5. The van der Waals surface area contributed by atoms with Crippen LogP contribution in [-0.2, 0) is 27.8 Å². The molecule has 1 atom stereocenters. The predicted molar refractivity (Wildman–Crippen MR) is 81.7 cm³/mol. The summed E-state index contributed by atoms with van der Waals surface area (Å²) in [5, 5.41) is 3.24. The van der Waals surface area contributed by atoms with Crippen molar-refractivity contribution >= 4 is 10.0 Å². The molecule has 1 aliphatic rings. The molecular formula is C14H25N3O3S. The molecule has 1 saturated heterocycles. The van der Waals surface area contributed by atoms with Gasteiger partial charge in [0, 0.05) is 45.2 Å². The predicted octanol–water partition coefficient (Wildman–Crippen LogP) is 1.03. The van der Waals surface area contributed by atoms with Gasteiger partial charge in [-0.3, -0.25) is 0 Å². The van der Waals surface area contributed by atoms with Gasteiger partial charge in [0.15, 0.2) is 0 Å². The second-order valence-corrected chi connectivity index (χ2v) is 7.18. The Morgan fingerprint density at radius 3 is 2.76 bits per heavy atom. The summed E-state index contributed by atoms with van der Waals surface area (Å²) in [4.78, 5) is 0.383. The third kappa shape index (κ3) is 3.48. The van der Waals surface area contributed by atoms with Gasteiger partial charge in [0.1, 0.15) is 4.90 Å². The van der Waals surface area contributed by atoms with Crippen molar-refractivity contribution in [3.63, 3.8) is 0 Å². The Hall–Kier alpha value is -0.890. The van der Waals surface area contributed by atoms with Crippen molar-refractivity contribution in [3.8, 4) is 0 Å². The summed E-state index contributed by atoms with van der Waals surface area (Å²) in [6.07, 6.45) is 2.51. The normalized spacial score (nSPS) is 20.2. The van der Waals surface area contributed by atoms with Crippen LogP contribution in [0.2, 0.25) is 0 Å². The van der Waals surface area contributed by atoms with Crippen LogP contribution in [-0.4, -0.2) is 50.1 Å².